The van der Waals surface area contributed by atoms with Crippen LogP contribution in [0.3, 0.4) is 0 Å². The average molecular weight is 351 g/mol. The Balaban J connectivity index is 2.46. The van der Waals surface area contributed by atoms with Crippen molar-refractivity contribution in [1.82, 2.24) is 9.89 Å². The minimum Gasteiger partial charge on any atom is -0.494 e. The van der Waals surface area contributed by atoms with E-state index >= 15 is 0 Å². The molecule has 1 heterocycles. The first kappa shape index (κ1) is 17.5. The Morgan fingerprint density at radius 2 is 2.08 bits per heavy atom. The summed E-state index contributed by atoms with van der Waals surface area (Å²) in [4.78, 5) is 24.2. The Morgan fingerprint density at radius 1 is 1.40 bits per heavy atom. The van der Waals surface area contributed by atoms with E-state index in [2.05, 4.69) is 15.5 Å². The number of rotatable bonds is 4. The number of carbonyl (C=O) groups is 2. The monoisotopic (exact) mass is 351 g/mol. The van der Waals surface area contributed by atoms with E-state index in [0.29, 0.717) is 4.79 Å². The van der Waals surface area contributed by atoms with Gasteiger partial charge < -0.3 is 32.6 Å². The van der Waals surface area contributed by atoms with Crippen LogP contribution in [0.15, 0.2) is 23.3 Å². The third kappa shape index (κ3) is 3.41. The third-order valence-electron chi connectivity index (χ3n) is 3.11. The van der Waals surface area contributed by atoms with Crippen LogP contribution in [0, 0.1) is 5.82 Å². The van der Waals surface area contributed by atoms with Gasteiger partial charge in [-0.05, 0) is 12.1 Å². The van der Waals surface area contributed by atoms with Gasteiger partial charge in [0.25, 0.3) is 5.91 Å². The van der Waals surface area contributed by atoms with Crippen LogP contribution in [0.4, 0.5) is 15.8 Å². The maximum atomic E-state index is 13.7. The fourth-order valence-corrected chi connectivity index (χ4v) is 1.96. The van der Waals surface area contributed by atoms with E-state index in [1.165, 1.54) is 7.11 Å². The van der Waals surface area contributed by atoms with Crippen molar-refractivity contribution >= 4 is 23.3 Å². The minimum absolute atomic E-state index is 0.0275. The van der Waals surface area contributed by atoms with Crippen LogP contribution >= 0.6 is 0 Å². The van der Waals surface area contributed by atoms with Gasteiger partial charge in [0.2, 0.25) is 5.49 Å². The van der Waals surface area contributed by atoms with Gasteiger partial charge in [0.1, 0.15) is 0 Å². The van der Waals surface area contributed by atoms with Crippen LogP contribution in [0.5, 0.6) is 5.75 Å². The van der Waals surface area contributed by atoms with Crippen molar-refractivity contribution in [2.75, 3.05) is 24.0 Å². The SMILES string of the molecule is COc1cc(NC(=O)c2cc(N)/c(=N/N)n(N)n2)c(C(=O)O)cc1F. The number of amides is 1. The summed E-state index contributed by atoms with van der Waals surface area (Å²) in [7, 11) is 1.19. The van der Waals surface area contributed by atoms with E-state index in [-0.39, 0.29) is 28.3 Å². The number of nitrogen functional groups attached to an aromatic ring is 2. The molecule has 0 aliphatic rings. The number of halogens is 1. The lowest BCUT2D eigenvalue weighted by molar-refractivity contribution is 0.0697. The zero-order valence-corrected chi connectivity index (χ0v) is 12.9. The maximum absolute atomic E-state index is 13.7. The van der Waals surface area contributed by atoms with Crippen LogP contribution in [0.1, 0.15) is 20.8 Å². The summed E-state index contributed by atoms with van der Waals surface area (Å²) < 4.78 is 18.4. The molecule has 0 saturated carbocycles. The van der Waals surface area contributed by atoms with Gasteiger partial charge in [-0.3, -0.25) is 4.79 Å². The topological polar surface area (TPSA) is 184 Å². The van der Waals surface area contributed by atoms with Crippen molar-refractivity contribution < 1.29 is 23.8 Å². The number of carboxylic acid groups (broad SMARTS) is 1. The molecular formula is C13H14FN7O4. The van der Waals surface area contributed by atoms with Gasteiger partial charge in [0.05, 0.1) is 24.0 Å². The van der Waals surface area contributed by atoms with Crippen LogP contribution in [-0.2, 0) is 0 Å². The minimum atomic E-state index is -1.45. The summed E-state index contributed by atoms with van der Waals surface area (Å²) in [5, 5.41) is 18.5. The highest BCUT2D eigenvalue weighted by molar-refractivity contribution is 6.07. The molecule has 2 rings (SSSR count). The summed E-state index contributed by atoms with van der Waals surface area (Å²) in [6.45, 7) is 0. The van der Waals surface area contributed by atoms with Crippen LogP contribution in [-0.4, -0.2) is 34.0 Å². The summed E-state index contributed by atoms with van der Waals surface area (Å²) in [5.41, 5.74) is 4.64. The molecule has 1 aromatic heterocycles. The molecule has 25 heavy (non-hydrogen) atoms. The zero-order valence-electron chi connectivity index (χ0n) is 12.9. The molecular weight excluding hydrogens is 337 g/mol. The molecule has 12 heteroatoms. The number of benzene rings is 1. The molecule has 0 fully saturated rings. The lowest BCUT2D eigenvalue weighted by atomic mass is 10.1. The number of aromatic carboxylic acids is 1. The highest BCUT2D eigenvalue weighted by atomic mass is 19.1. The zero-order chi connectivity index (χ0) is 18.7. The molecule has 11 nitrogen and oxygen atoms in total. The van der Waals surface area contributed by atoms with Crippen LogP contribution in [0.25, 0.3) is 0 Å². The van der Waals surface area contributed by atoms with Gasteiger partial charge in [-0.25, -0.2) is 9.18 Å². The molecule has 0 spiro atoms. The predicted molar refractivity (Wildman–Crippen MR) is 84.4 cm³/mol. The van der Waals surface area contributed by atoms with Gasteiger partial charge in [-0.1, -0.05) is 0 Å². The molecule has 1 amide bonds. The van der Waals surface area contributed by atoms with Gasteiger partial charge in [0.15, 0.2) is 17.3 Å². The third-order valence-corrected chi connectivity index (χ3v) is 3.11. The number of methoxy groups -OCH3 is 1. The molecule has 1 aromatic carbocycles. The Bertz CT molecular complexity index is 899. The number of nitrogens with zero attached hydrogens (tertiary/aromatic N) is 3. The number of carboxylic acids is 1. The van der Waals surface area contributed by atoms with Crippen molar-refractivity contribution in [2.45, 2.75) is 0 Å². The summed E-state index contributed by atoms with van der Waals surface area (Å²) >= 11 is 0. The number of nitrogens with one attached hydrogen (secondary N) is 1. The number of anilines is 2. The Morgan fingerprint density at radius 3 is 2.60 bits per heavy atom. The number of carbonyl (C=O) groups excluding carboxylic acids is 1. The van der Waals surface area contributed by atoms with E-state index in [0.717, 1.165) is 18.2 Å². The molecule has 0 atom stereocenters. The predicted octanol–water partition coefficient (Wildman–Crippen LogP) is -0.948. The van der Waals surface area contributed by atoms with Crippen molar-refractivity contribution in [3.8, 4) is 5.75 Å². The fraction of sp³-hybridized carbons (Fsp3) is 0.0769. The maximum Gasteiger partial charge on any atom is 0.337 e. The average Bonchev–Trinajstić information content (AvgIpc) is 2.55. The molecule has 0 aliphatic heterocycles. The normalized spacial score (nSPS) is 11.2. The van der Waals surface area contributed by atoms with E-state index in [1.54, 1.807) is 0 Å². The smallest absolute Gasteiger partial charge is 0.337 e. The summed E-state index contributed by atoms with van der Waals surface area (Å²) in [6.07, 6.45) is 0. The molecule has 2 aromatic rings. The number of ether oxygens (including phenoxy) is 1. The number of hydrogen-bond donors (Lipinski definition) is 5. The van der Waals surface area contributed by atoms with Crippen LogP contribution < -0.4 is 33.0 Å². The standard InChI is InChI=1S/C13H14FN7O4/c1-25-10-4-8(5(13(23)24)2-6(10)14)18-12(22)9-3-7(15)11(19-16)21(17)20-9/h2-4H,15-17H2,1H3,(H,18,22)(H,23,24)/b19-11-. The second-order valence-corrected chi connectivity index (χ2v) is 4.67. The van der Waals surface area contributed by atoms with Gasteiger partial charge in [-0.2, -0.15) is 9.89 Å². The van der Waals surface area contributed by atoms with Gasteiger partial charge in [0, 0.05) is 6.07 Å². The summed E-state index contributed by atoms with van der Waals surface area (Å²) in [5.74, 6) is 7.17. The van der Waals surface area contributed by atoms with Crippen LogP contribution in [0.2, 0.25) is 0 Å². The Labute approximate surface area is 139 Å². The lowest BCUT2D eigenvalue weighted by Crippen LogP contribution is -2.35. The first-order chi connectivity index (χ1) is 11.8. The van der Waals surface area contributed by atoms with E-state index < -0.39 is 23.3 Å². The Hall–Kier alpha value is -3.83. The largest absolute Gasteiger partial charge is 0.494 e. The highest BCUT2D eigenvalue weighted by Gasteiger charge is 2.19. The fourth-order valence-electron chi connectivity index (χ4n) is 1.96. The van der Waals surface area contributed by atoms with E-state index in [4.69, 9.17) is 27.3 Å². The quantitative estimate of drug-likeness (QED) is 0.345. The number of aromatic nitrogens is 2. The summed E-state index contributed by atoms with van der Waals surface area (Å²) in [6, 6.07) is 2.89. The van der Waals surface area contributed by atoms with E-state index in [1.807, 2.05) is 0 Å². The van der Waals surface area contributed by atoms with Gasteiger partial charge >= 0.3 is 5.97 Å². The van der Waals surface area contributed by atoms with Gasteiger partial charge in [-0.15, -0.1) is 5.10 Å². The second kappa shape index (κ2) is 6.74. The molecule has 0 unspecified atom stereocenters. The number of nitrogens with two attached hydrogens (primary N) is 3. The van der Waals surface area contributed by atoms with Crippen molar-refractivity contribution in [1.29, 1.82) is 0 Å². The Kier molecular flexibility index (Phi) is 4.72. The van der Waals surface area contributed by atoms with Crippen molar-refractivity contribution in [3.05, 3.63) is 40.8 Å². The first-order valence-corrected chi connectivity index (χ1v) is 6.59. The van der Waals surface area contributed by atoms with E-state index in [9.17, 15) is 14.0 Å². The molecule has 132 valence electrons. The highest BCUT2D eigenvalue weighted by Crippen LogP contribution is 2.26. The molecule has 0 aliphatic carbocycles. The molecule has 0 saturated heterocycles. The molecule has 0 radical (unpaired) electrons. The lowest BCUT2D eigenvalue weighted by Gasteiger charge is -2.12. The molecule has 0 bridgehead atoms. The van der Waals surface area contributed by atoms with Crippen molar-refractivity contribution in [2.24, 2.45) is 10.9 Å². The number of hydrogen-bond acceptors (Lipinski definition) is 8. The van der Waals surface area contributed by atoms with Crippen molar-refractivity contribution in [3.63, 3.8) is 0 Å². The molecule has 8 N–H and O–H groups in total. The second-order valence-electron chi connectivity index (χ2n) is 4.67. The first-order valence-electron chi connectivity index (χ1n) is 6.59.